The molecule has 0 saturated heterocycles. The van der Waals surface area contributed by atoms with Crippen LogP contribution >= 0.6 is 50.9 Å². The van der Waals surface area contributed by atoms with E-state index in [-0.39, 0.29) is 13.2 Å². The standard InChI is InChI=1S/C24H21BrCl2N2O4S/c1-4-32-23(30)21-13(2)28-24-29(7-8-34-24)22(21)16-10-19(31-3)20(11-17(16)25)33-12-14-5-6-15(26)9-18(14)27/h5-11,22H,4,12H2,1-3H3/t22-/m1/s1. The van der Waals surface area contributed by atoms with Crippen molar-refractivity contribution in [3.63, 3.8) is 0 Å². The summed E-state index contributed by atoms with van der Waals surface area (Å²) in [5.41, 5.74) is 2.70. The lowest BCUT2D eigenvalue weighted by Gasteiger charge is -2.34. The van der Waals surface area contributed by atoms with Crippen LogP contribution in [0.15, 0.2) is 62.7 Å². The van der Waals surface area contributed by atoms with Crippen molar-refractivity contribution in [3.8, 4) is 11.5 Å². The quantitative estimate of drug-likeness (QED) is 0.324. The summed E-state index contributed by atoms with van der Waals surface area (Å²) in [6, 6.07) is 8.50. The first-order valence-corrected chi connectivity index (χ1v) is 12.8. The van der Waals surface area contributed by atoms with Crippen molar-refractivity contribution in [2.45, 2.75) is 26.5 Å². The topological polar surface area (TPSA) is 60.4 Å². The second-order valence-corrected chi connectivity index (χ2v) is 9.95. The maximum absolute atomic E-state index is 12.9. The maximum atomic E-state index is 12.9. The van der Waals surface area contributed by atoms with Crippen LogP contribution in [0.5, 0.6) is 11.5 Å². The van der Waals surface area contributed by atoms with Crippen molar-refractivity contribution >= 4 is 62.0 Å². The van der Waals surface area contributed by atoms with E-state index >= 15 is 0 Å². The highest BCUT2D eigenvalue weighted by Crippen LogP contribution is 2.46. The lowest BCUT2D eigenvalue weighted by Crippen LogP contribution is -2.34. The number of thioether (sulfide) groups is 1. The Morgan fingerprint density at radius 3 is 2.74 bits per heavy atom. The first-order chi connectivity index (χ1) is 16.3. The van der Waals surface area contributed by atoms with Crippen LogP contribution in [-0.2, 0) is 16.1 Å². The zero-order valence-electron chi connectivity index (χ0n) is 18.6. The number of benzene rings is 2. The van der Waals surface area contributed by atoms with Crippen LogP contribution in [0.3, 0.4) is 0 Å². The molecule has 0 radical (unpaired) electrons. The predicted octanol–water partition coefficient (Wildman–Crippen LogP) is 7.11. The molecule has 10 heteroatoms. The summed E-state index contributed by atoms with van der Waals surface area (Å²) in [5, 5.41) is 3.81. The molecule has 0 saturated carbocycles. The Balaban J connectivity index is 1.71. The van der Waals surface area contributed by atoms with Gasteiger partial charge < -0.3 is 19.1 Å². The number of amidine groups is 1. The first kappa shape index (κ1) is 25.0. The van der Waals surface area contributed by atoms with E-state index < -0.39 is 12.0 Å². The summed E-state index contributed by atoms with van der Waals surface area (Å²) in [5.74, 6) is 0.643. The van der Waals surface area contributed by atoms with Gasteiger partial charge in [-0.15, -0.1) is 0 Å². The third kappa shape index (κ3) is 4.96. The number of allylic oxidation sites excluding steroid dienone is 1. The van der Waals surface area contributed by atoms with Gasteiger partial charge in [-0.3, -0.25) is 0 Å². The van der Waals surface area contributed by atoms with Gasteiger partial charge in [0.1, 0.15) is 6.61 Å². The van der Waals surface area contributed by atoms with E-state index in [1.807, 2.05) is 41.6 Å². The fraction of sp³-hybridized carbons (Fsp3) is 0.250. The van der Waals surface area contributed by atoms with Gasteiger partial charge in [0.25, 0.3) is 0 Å². The van der Waals surface area contributed by atoms with Gasteiger partial charge in [-0.05, 0) is 49.1 Å². The molecule has 0 fully saturated rings. The van der Waals surface area contributed by atoms with Crippen molar-refractivity contribution in [2.24, 2.45) is 4.99 Å². The van der Waals surface area contributed by atoms with Crippen molar-refractivity contribution in [2.75, 3.05) is 13.7 Å². The number of fused-ring (bicyclic) bond motifs is 1. The van der Waals surface area contributed by atoms with E-state index in [9.17, 15) is 4.79 Å². The fourth-order valence-electron chi connectivity index (χ4n) is 3.70. The molecule has 0 aromatic heterocycles. The lowest BCUT2D eigenvalue weighted by molar-refractivity contribution is -0.139. The molecule has 34 heavy (non-hydrogen) atoms. The minimum absolute atomic E-state index is 0.233. The molecule has 1 atom stereocenters. The number of methoxy groups -OCH3 is 1. The molecular weight excluding hydrogens is 563 g/mol. The number of aliphatic imine (C=N–C) groups is 1. The third-order valence-corrected chi connectivity index (χ3v) is 7.34. The molecular formula is C24H21BrCl2N2O4S. The smallest absolute Gasteiger partial charge is 0.338 e. The largest absolute Gasteiger partial charge is 0.493 e. The molecule has 0 unspecified atom stereocenters. The van der Waals surface area contributed by atoms with Crippen molar-refractivity contribution in [3.05, 3.63) is 78.9 Å². The molecule has 2 aromatic carbocycles. The third-order valence-electron chi connectivity index (χ3n) is 5.29. The highest BCUT2D eigenvalue weighted by molar-refractivity contribution is 9.10. The zero-order valence-corrected chi connectivity index (χ0v) is 22.5. The second kappa shape index (κ2) is 10.6. The van der Waals surface area contributed by atoms with Gasteiger partial charge in [0, 0.05) is 26.3 Å². The maximum Gasteiger partial charge on any atom is 0.338 e. The summed E-state index contributed by atoms with van der Waals surface area (Å²) in [4.78, 5) is 19.5. The van der Waals surface area contributed by atoms with Crippen LogP contribution in [0.25, 0.3) is 0 Å². The number of carbonyl (C=O) groups is 1. The molecule has 2 aliphatic rings. The predicted molar refractivity (Wildman–Crippen MR) is 140 cm³/mol. The molecule has 0 aliphatic carbocycles. The number of rotatable bonds is 7. The van der Waals surface area contributed by atoms with Gasteiger partial charge in [0.15, 0.2) is 16.7 Å². The van der Waals surface area contributed by atoms with E-state index in [4.69, 9.17) is 37.4 Å². The van der Waals surface area contributed by atoms with Gasteiger partial charge in [0.2, 0.25) is 0 Å². The van der Waals surface area contributed by atoms with Crippen LogP contribution in [0.2, 0.25) is 10.0 Å². The second-order valence-electron chi connectivity index (χ2n) is 7.38. The van der Waals surface area contributed by atoms with E-state index in [1.165, 1.54) is 11.8 Å². The molecule has 4 rings (SSSR count). The molecule has 2 heterocycles. The average molecular weight is 584 g/mol. The number of esters is 1. The molecule has 0 amide bonds. The minimum Gasteiger partial charge on any atom is -0.493 e. The average Bonchev–Trinajstić information content (AvgIpc) is 3.26. The van der Waals surface area contributed by atoms with Gasteiger partial charge in [-0.25, -0.2) is 9.79 Å². The zero-order chi connectivity index (χ0) is 24.4. The van der Waals surface area contributed by atoms with E-state index in [2.05, 4.69) is 20.9 Å². The monoisotopic (exact) mass is 582 g/mol. The number of hydrogen-bond acceptors (Lipinski definition) is 7. The van der Waals surface area contributed by atoms with E-state index in [0.717, 1.165) is 20.8 Å². The Morgan fingerprint density at radius 2 is 2.03 bits per heavy atom. The summed E-state index contributed by atoms with van der Waals surface area (Å²) < 4.78 is 17.8. The lowest BCUT2D eigenvalue weighted by atomic mass is 9.94. The number of hydrogen-bond donors (Lipinski definition) is 0. The van der Waals surface area contributed by atoms with Crippen molar-refractivity contribution < 1.29 is 19.0 Å². The Morgan fingerprint density at radius 1 is 1.24 bits per heavy atom. The normalized spacial score (nSPS) is 16.9. The Kier molecular flexibility index (Phi) is 7.82. The summed E-state index contributed by atoms with van der Waals surface area (Å²) in [7, 11) is 1.57. The number of carbonyl (C=O) groups excluding carboxylic acids is 1. The molecule has 2 aliphatic heterocycles. The van der Waals surface area contributed by atoms with E-state index in [0.29, 0.717) is 32.8 Å². The summed E-state index contributed by atoms with van der Waals surface area (Å²) >= 11 is 17.5. The van der Waals surface area contributed by atoms with Crippen LogP contribution in [0.4, 0.5) is 0 Å². The van der Waals surface area contributed by atoms with E-state index in [1.54, 1.807) is 26.2 Å². The van der Waals surface area contributed by atoms with Gasteiger partial charge in [-0.2, -0.15) is 0 Å². The fourth-order valence-corrected chi connectivity index (χ4v) is 5.50. The number of nitrogens with zero attached hydrogens (tertiary/aromatic N) is 2. The van der Waals surface area contributed by atoms with Crippen LogP contribution in [-0.4, -0.2) is 29.8 Å². The number of halogens is 3. The van der Waals surface area contributed by atoms with Crippen LogP contribution < -0.4 is 9.47 Å². The Hall–Kier alpha value is -2.13. The van der Waals surface area contributed by atoms with Gasteiger partial charge in [-0.1, -0.05) is 57.0 Å². The summed E-state index contributed by atoms with van der Waals surface area (Å²) in [6.45, 7) is 4.11. The van der Waals surface area contributed by atoms with Crippen LogP contribution in [0.1, 0.15) is 31.0 Å². The highest BCUT2D eigenvalue weighted by atomic mass is 79.9. The first-order valence-electron chi connectivity index (χ1n) is 10.4. The number of ether oxygens (including phenoxy) is 3. The highest BCUT2D eigenvalue weighted by Gasteiger charge is 2.38. The Labute approximate surface area is 220 Å². The minimum atomic E-state index is -0.444. The molecule has 0 bridgehead atoms. The van der Waals surface area contributed by atoms with Crippen molar-refractivity contribution in [1.82, 2.24) is 4.90 Å². The summed E-state index contributed by atoms with van der Waals surface area (Å²) in [6.07, 6.45) is 1.91. The molecule has 0 spiro atoms. The SMILES string of the molecule is CCOC(=O)C1=C(C)N=C2SC=CN2[C@@H]1c1cc(OC)c(OCc2ccc(Cl)cc2Cl)cc1Br. The molecule has 178 valence electrons. The van der Waals surface area contributed by atoms with Gasteiger partial charge in [0.05, 0.1) is 31.0 Å². The molecule has 6 nitrogen and oxygen atoms in total. The Bertz CT molecular complexity index is 1230. The van der Waals surface area contributed by atoms with Crippen molar-refractivity contribution in [1.29, 1.82) is 0 Å². The van der Waals surface area contributed by atoms with Gasteiger partial charge >= 0.3 is 5.97 Å². The molecule has 2 aromatic rings. The van der Waals surface area contributed by atoms with Crippen LogP contribution in [0, 0.1) is 0 Å². The molecule has 0 N–H and O–H groups in total.